The summed E-state index contributed by atoms with van der Waals surface area (Å²) in [6, 6.07) is 15.7. The molecular formula is C16H12N4O2S. The number of aromatic nitrogens is 1. The van der Waals surface area contributed by atoms with E-state index >= 15 is 0 Å². The number of rotatable bonds is 3. The van der Waals surface area contributed by atoms with Crippen molar-refractivity contribution in [1.82, 2.24) is 4.98 Å². The van der Waals surface area contributed by atoms with Crippen LogP contribution in [0.2, 0.25) is 0 Å². The van der Waals surface area contributed by atoms with E-state index in [1.807, 2.05) is 30.3 Å². The maximum absolute atomic E-state index is 10.6. The summed E-state index contributed by atoms with van der Waals surface area (Å²) in [6.45, 7) is 0. The van der Waals surface area contributed by atoms with Gasteiger partial charge in [0, 0.05) is 29.4 Å². The molecule has 0 amide bonds. The van der Waals surface area contributed by atoms with Gasteiger partial charge in [0.15, 0.2) is 5.11 Å². The second-order valence-electron chi connectivity index (χ2n) is 4.76. The van der Waals surface area contributed by atoms with E-state index in [2.05, 4.69) is 15.6 Å². The van der Waals surface area contributed by atoms with Crippen LogP contribution in [0.3, 0.4) is 0 Å². The van der Waals surface area contributed by atoms with Crippen LogP contribution in [0.15, 0.2) is 60.8 Å². The van der Waals surface area contributed by atoms with Gasteiger partial charge in [-0.3, -0.25) is 15.1 Å². The number of para-hydroxylation sites is 1. The molecule has 3 rings (SSSR count). The lowest BCUT2D eigenvalue weighted by atomic mass is 10.2. The van der Waals surface area contributed by atoms with Gasteiger partial charge in [-0.15, -0.1) is 0 Å². The van der Waals surface area contributed by atoms with Crippen LogP contribution in [0.25, 0.3) is 10.9 Å². The van der Waals surface area contributed by atoms with E-state index in [9.17, 15) is 10.1 Å². The van der Waals surface area contributed by atoms with E-state index in [0.717, 1.165) is 16.6 Å². The fourth-order valence-corrected chi connectivity index (χ4v) is 2.38. The van der Waals surface area contributed by atoms with Gasteiger partial charge in [-0.05, 0) is 36.5 Å². The maximum atomic E-state index is 10.6. The van der Waals surface area contributed by atoms with E-state index < -0.39 is 4.92 Å². The van der Waals surface area contributed by atoms with E-state index in [4.69, 9.17) is 12.2 Å². The van der Waals surface area contributed by atoms with Gasteiger partial charge in [0.25, 0.3) is 5.69 Å². The van der Waals surface area contributed by atoms with E-state index in [1.54, 1.807) is 18.3 Å². The highest BCUT2D eigenvalue weighted by atomic mass is 32.1. The Morgan fingerprint density at radius 3 is 2.52 bits per heavy atom. The van der Waals surface area contributed by atoms with Crippen LogP contribution >= 0.6 is 12.2 Å². The summed E-state index contributed by atoms with van der Waals surface area (Å²) in [5.41, 5.74) is 2.32. The molecule has 0 aliphatic heterocycles. The van der Waals surface area contributed by atoms with Crippen LogP contribution in [-0.4, -0.2) is 15.0 Å². The van der Waals surface area contributed by atoms with Gasteiger partial charge in [0.2, 0.25) is 0 Å². The number of benzene rings is 2. The molecule has 3 aromatic rings. The van der Waals surface area contributed by atoms with Gasteiger partial charge in [0.1, 0.15) is 0 Å². The normalized spacial score (nSPS) is 10.3. The number of thiocarbonyl (C=S) groups is 1. The molecule has 0 saturated heterocycles. The summed E-state index contributed by atoms with van der Waals surface area (Å²) in [7, 11) is 0. The molecule has 1 heterocycles. The van der Waals surface area contributed by atoms with Crippen LogP contribution in [0, 0.1) is 10.1 Å². The molecule has 0 spiro atoms. The second kappa shape index (κ2) is 6.37. The van der Waals surface area contributed by atoms with Crippen molar-refractivity contribution in [3.05, 3.63) is 70.9 Å². The lowest BCUT2D eigenvalue weighted by Gasteiger charge is -2.12. The zero-order valence-corrected chi connectivity index (χ0v) is 12.7. The van der Waals surface area contributed by atoms with E-state index in [0.29, 0.717) is 10.8 Å². The molecular weight excluding hydrogens is 312 g/mol. The highest BCUT2D eigenvalue weighted by Gasteiger charge is 2.06. The smallest absolute Gasteiger partial charge is 0.269 e. The molecule has 0 unspecified atom stereocenters. The number of anilines is 2. The van der Waals surface area contributed by atoms with Gasteiger partial charge in [-0.2, -0.15) is 0 Å². The predicted molar refractivity (Wildman–Crippen MR) is 94.7 cm³/mol. The van der Waals surface area contributed by atoms with Gasteiger partial charge < -0.3 is 10.6 Å². The van der Waals surface area contributed by atoms with Crippen LogP contribution in [0.1, 0.15) is 0 Å². The van der Waals surface area contributed by atoms with Crippen LogP contribution < -0.4 is 10.6 Å². The molecule has 0 saturated carbocycles. The van der Waals surface area contributed by atoms with E-state index in [-0.39, 0.29) is 5.69 Å². The average molecular weight is 324 g/mol. The van der Waals surface area contributed by atoms with Crippen LogP contribution in [-0.2, 0) is 0 Å². The molecule has 0 aliphatic carbocycles. The van der Waals surface area contributed by atoms with Gasteiger partial charge in [0.05, 0.1) is 16.1 Å². The fraction of sp³-hybridized carbons (Fsp3) is 0. The molecule has 0 aliphatic rings. The number of nitro benzene ring substituents is 1. The summed E-state index contributed by atoms with van der Waals surface area (Å²) in [4.78, 5) is 14.5. The minimum absolute atomic E-state index is 0.0349. The number of hydrogen-bond acceptors (Lipinski definition) is 4. The summed E-state index contributed by atoms with van der Waals surface area (Å²) in [5, 5.41) is 18.1. The molecule has 0 bridgehead atoms. The van der Waals surface area contributed by atoms with Crippen LogP contribution in [0.4, 0.5) is 17.1 Å². The number of fused-ring (bicyclic) bond motifs is 1. The first-order valence-electron chi connectivity index (χ1n) is 6.80. The highest BCUT2D eigenvalue weighted by Crippen LogP contribution is 2.21. The van der Waals surface area contributed by atoms with Crippen molar-refractivity contribution in [3.8, 4) is 0 Å². The number of pyridine rings is 1. The Morgan fingerprint density at radius 1 is 1.04 bits per heavy atom. The number of non-ortho nitro benzene ring substituents is 1. The maximum Gasteiger partial charge on any atom is 0.269 e. The summed E-state index contributed by atoms with van der Waals surface area (Å²) < 4.78 is 0. The lowest BCUT2D eigenvalue weighted by Crippen LogP contribution is -2.19. The fourth-order valence-electron chi connectivity index (χ4n) is 2.16. The van der Waals surface area contributed by atoms with Crippen molar-refractivity contribution >= 4 is 45.3 Å². The van der Waals surface area contributed by atoms with Gasteiger partial charge >= 0.3 is 0 Å². The Hall–Kier alpha value is -3.06. The van der Waals surface area contributed by atoms with Crippen LogP contribution in [0.5, 0.6) is 0 Å². The number of nitrogens with one attached hydrogen (secondary N) is 2. The molecule has 0 fully saturated rings. The summed E-state index contributed by atoms with van der Waals surface area (Å²) in [5.74, 6) is 0. The zero-order chi connectivity index (χ0) is 16.2. The molecule has 114 valence electrons. The monoisotopic (exact) mass is 324 g/mol. The molecule has 0 atom stereocenters. The lowest BCUT2D eigenvalue weighted by molar-refractivity contribution is -0.384. The predicted octanol–water partition coefficient (Wildman–Crippen LogP) is 3.95. The first-order valence-corrected chi connectivity index (χ1v) is 7.20. The minimum atomic E-state index is -0.442. The topological polar surface area (TPSA) is 80.1 Å². The summed E-state index contributed by atoms with van der Waals surface area (Å²) >= 11 is 5.28. The second-order valence-corrected chi connectivity index (χ2v) is 5.17. The molecule has 7 heteroatoms. The SMILES string of the molecule is O=[N+]([O-])c1ccc(NC(=S)Nc2cccc3cccnc23)cc1. The highest BCUT2D eigenvalue weighted by molar-refractivity contribution is 7.80. The molecule has 2 aromatic carbocycles. The largest absolute Gasteiger partial charge is 0.332 e. The Kier molecular flexibility index (Phi) is 4.11. The Balaban J connectivity index is 1.75. The Labute approximate surface area is 137 Å². The quantitative estimate of drug-likeness (QED) is 0.431. The first kappa shape index (κ1) is 14.9. The molecule has 0 radical (unpaired) electrons. The van der Waals surface area contributed by atoms with Gasteiger partial charge in [-0.25, -0.2) is 0 Å². The molecule has 1 aromatic heterocycles. The third-order valence-corrected chi connectivity index (χ3v) is 3.42. The zero-order valence-electron chi connectivity index (χ0n) is 11.9. The third-order valence-electron chi connectivity index (χ3n) is 3.22. The molecule has 2 N–H and O–H groups in total. The third kappa shape index (κ3) is 3.41. The summed E-state index contributed by atoms with van der Waals surface area (Å²) in [6.07, 6.45) is 1.72. The Morgan fingerprint density at radius 2 is 1.78 bits per heavy atom. The van der Waals surface area contributed by atoms with Crippen molar-refractivity contribution in [2.45, 2.75) is 0 Å². The minimum Gasteiger partial charge on any atom is -0.332 e. The standard InChI is InChI=1S/C16H12N4O2S/c21-20(22)13-8-6-12(7-9-13)18-16(23)19-14-5-1-3-11-4-2-10-17-15(11)14/h1-10H,(H2,18,19,23). The Bertz CT molecular complexity index is 875. The van der Waals surface area contributed by atoms with E-state index in [1.165, 1.54) is 12.1 Å². The van der Waals surface area contributed by atoms with Crippen molar-refractivity contribution in [1.29, 1.82) is 0 Å². The number of nitrogens with zero attached hydrogens (tertiary/aromatic N) is 2. The molecule has 23 heavy (non-hydrogen) atoms. The number of hydrogen-bond donors (Lipinski definition) is 2. The number of nitro groups is 1. The molecule has 6 nitrogen and oxygen atoms in total. The van der Waals surface area contributed by atoms with Crippen molar-refractivity contribution in [2.75, 3.05) is 10.6 Å². The van der Waals surface area contributed by atoms with Crippen molar-refractivity contribution in [3.63, 3.8) is 0 Å². The average Bonchev–Trinajstić information content (AvgIpc) is 2.55. The first-order chi connectivity index (χ1) is 11.1. The van der Waals surface area contributed by atoms with Crippen molar-refractivity contribution < 1.29 is 4.92 Å². The van der Waals surface area contributed by atoms with Gasteiger partial charge in [-0.1, -0.05) is 18.2 Å². The van der Waals surface area contributed by atoms with Crippen molar-refractivity contribution in [2.24, 2.45) is 0 Å².